The molecule has 25 heavy (non-hydrogen) atoms. The number of nitrogens with zero attached hydrogens (tertiary/aromatic N) is 3. The third-order valence-electron chi connectivity index (χ3n) is 5.33. The molecule has 1 atom stereocenters. The van der Waals surface area contributed by atoms with Crippen LogP contribution in [0.4, 0.5) is 11.5 Å². The fraction of sp³-hybridized carbons (Fsp3) is 0.526. The van der Waals surface area contributed by atoms with Gasteiger partial charge in [0.25, 0.3) is 0 Å². The first kappa shape index (κ1) is 16.3. The van der Waals surface area contributed by atoms with Crippen LogP contribution in [-0.2, 0) is 6.54 Å². The summed E-state index contributed by atoms with van der Waals surface area (Å²) in [4.78, 5) is 2.46. The Morgan fingerprint density at radius 1 is 1.28 bits per heavy atom. The van der Waals surface area contributed by atoms with Crippen molar-refractivity contribution in [1.29, 1.82) is 0 Å². The molecule has 134 valence electrons. The highest BCUT2D eigenvalue weighted by molar-refractivity contribution is 5.51. The SMILES string of the molecule is COc1cccc(N2CCC(NC[C@@H]3CNc4ccnn4C3)CC2)c1. The first-order valence-corrected chi connectivity index (χ1v) is 9.20. The largest absolute Gasteiger partial charge is 0.497 e. The predicted octanol–water partition coefficient (Wildman–Crippen LogP) is 2.19. The monoisotopic (exact) mass is 341 g/mol. The topological polar surface area (TPSA) is 54.4 Å². The fourth-order valence-electron chi connectivity index (χ4n) is 3.81. The molecule has 6 nitrogen and oxygen atoms in total. The van der Waals surface area contributed by atoms with Crippen LogP contribution in [0.15, 0.2) is 36.5 Å². The second-order valence-corrected chi connectivity index (χ2v) is 7.02. The van der Waals surface area contributed by atoms with Gasteiger partial charge in [0.1, 0.15) is 11.6 Å². The van der Waals surface area contributed by atoms with Gasteiger partial charge in [-0.25, -0.2) is 4.68 Å². The minimum absolute atomic E-state index is 0.601. The van der Waals surface area contributed by atoms with Crippen LogP contribution in [0.5, 0.6) is 5.75 Å². The van der Waals surface area contributed by atoms with Crippen molar-refractivity contribution in [2.45, 2.75) is 25.4 Å². The van der Waals surface area contributed by atoms with Gasteiger partial charge in [0.2, 0.25) is 0 Å². The molecule has 0 radical (unpaired) electrons. The van der Waals surface area contributed by atoms with E-state index in [1.54, 1.807) is 7.11 Å². The lowest BCUT2D eigenvalue weighted by Crippen LogP contribution is -2.45. The van der Waals surface area contributed by atoms with E-state index in [0.29, 0.717) is 12.0 Å². The summed E-state index contributed by atoms with van der Waals surface area (Å²) in [5.74, 6) is 2.67. The van der Waals surface area contributed by atoms with Crippen LogP contribution in [0, 0.1) is 5.92 Å². The second kappa shape index (κ2) is 7.35. The van der Waals surface area contributed by atoms with E-state index in [1.165, 1.54) is 18.5 Å². The van der Waals surface area contributed by atoms with Crippen LogP contribution in [-0.4, -0.2) is 49.1 Å². The summed E-state index contributed by atoms with van der Waals surface area (Å²) in [6, 6.07) is 11.0. The Hall–Kier alpha value is -2.21. The van der Waals surface area contributed by atoms with Crippen molar-refractivity contribution in [1.82, 2.24) is 15.1 Å². The number of aromatic nitrogens is 2. The first-order valence-electron chi connectivity index (χ1n) is 9.20. The van der Waals surface area contributed by atoms with Gasteiger partial charge in [-0.2, -0.15) is 5.10 Å². The van der Waals surface area contributed by atoms with E-state index < -0.39 is 0 Å². The Balaban J connectivity index is 1.24. The van der Waals surface area contributed by atoms with E-state index in [-0.39, 0.29) is 0 Å². The van der Waals surface area contributed by atoms with Crippen LogP contribution < -0.4 is 20.3 Å². The lowest BCUT2D eigenvalue weighted by molar-refractivity contribution is 0.342. The van der Waals surface area contributed by atoms with Gasteiger partial charge in [0.05, 0.1) is 13.3 Å². The maximum atomic E-state index is 5.34. The number of benzene rings is 1. The number of rotatable bonds is 5. The maximum Gasteiger partial charge on any atom is 0.124 e. The second-order valence-electron chi connectivity index (χ2n) is 7.02. The quantitative estimate of drug-likeness (QED) is 0.873. The van der Waals surface area contributed by atoms with Gasteiger partial charge in [0, 0.05) is 62.5 Å². The lowest BCUT2D eigenvalue weighted by Gasteiger charge is -2.35. The van der Waals surface area contributed by atoms with Gasteiger partial charge in [0.15, 0.2) is 0 Å². The molecule has 1 aromatic heterocycles. The van der Waals surface area contributed by atoms with Crippen LogP contribution in [0.25, 0.3) is 0 Å². The van der Waals surface area contributed by atoms with Gasteiger partial charge in [-0.3, -0.25) is 0 Å². The number of methoxy groups -OCH3 is 1. The van der Waals surface area contributed by atoms with Gasteiger partial charge in [-0.05, 0) is 25.0 Å². The Bertz CT molecular complexity index is 693. The van der Waals surface area contributed by atoms with Gasteiger partial charge < -0.3 is 20.3 Å². The summed E-state index contributed by atoms with van der Waals surface area (Å²) in [7, 11) is 1.72. The van der Waals surface area contributed by atoms with E-state index in [4.69, 9.17) is 4.74 Å². The zero-order valence-corrected chi connectivity index (χ0v) is 14.8. The van der Waals surface area contributed by atoms with Crippen LogP contribution in [0.2, 0.25) is 0 Å². The minimum atomic E-state index is 0.601. The molecule has 0 spiro atoms. The number of hydrogen-bond acceptors (Lipinski definition) is 5. The van der Waals surface area contributed by atoms with Crippen LogP contribution in [0.3, 0.4) is 0 Å². The third kappa shape index (κ3) is 3.74. The molecular formula is C19H27N5O. The zero-order valence-electron chi connectivity index (χ0n) is 14.8. The Kier molecular flexibility index (Phi) is 4.78. The number of ether oxygens (including phenoxy) is 1. The molecule has 6 heteroatoms. The molecule has 1 saturated heterocycles. The molecule has 0 unspecified atom stereocenters. The molecule has 0 saturated carbocycles. The molecular weight excluding hydrogens is 314 g/mol. The highest BCUT2D eigenvalue weighted by Gasteiger charge is 2.22. The first-order chi connectivity index (χ1) is 12.3. The van der Waals surface area contributed by atoms with E-state index in [9.17, 15) is 0 Å². The standard InChI is InChI=1S/C19H27N5O/c1-25-18-4-2-3-17(11-18)23-9-6-16(7-10-23)20-12-15-13-21-19-5-8-22-24(19)14-15/h2-5,8,11,15-16,20-21H,6-7,9-10,12-14H2,1H3/t15-/m1/s1. The van der Waals surface area contributed by atoms with Crippen molar-refractivity contribution < 1.29 is 4.74 Å². The van der Waals surface area contributed by atoms with Gasteiger partial charge in [-0.1, -0.05) is 6.07 Å². The number of nitrogens with one attached hydrogen (secondary N) is 2. The Labute approximate surface area is 149 Å². The molecule has 2 aromatic rings. The van der Waals surface area contributed by atoms with E-state index in [0.717, 1.165) is 44.3 Å². The summed E-state index contributed by atoms with van der Waals surface area (Å²) >= 11 is 0. The minimum Gasteiger partial charge on any atom is -0.497 e. The highest BCUT2D eigenvalue weighted by atomic mass is 16.5. The molecule has 0 bridgehead atoms. The molecule has 2 N–H and O–H groups in total. The Morgan fingerprint density at radius 2 is 2.16 bits per heavy atom. The average molecular weight is 341 g/mol. The Morgan fingerprint density at radius 3 is 3.00 bits per heavy atom. The van der Waals surface area contributed by atoms with Crippen LogP contribution >= 0.6 is 0 Å². The number of piperidine rings is 1. The van der Waals surface area contributed by atoms with Crippen molar-refractivity contribution in [3.05, 3.63) is 36.5 Å². The van der Waals surface area contributed by atoms with Crippen molar-refractivity contribution >= 4 is 11.5 Å². The van der Waals surface area contributed by atoms with Crippen molar-refractivity contribution in [2.75, 3.05) is 43.5 Å². The number of fused-ring (bicyclic) bond motifs is 1. The van der Waals surface area contributed by atoms with E-state index in [1.807, 2.05) is 18.3 Å². The highest BCUT2D eigenvalue weighted by Crippen LogP contribution is 2.24. The molecule has 0 amide bonds. The van der Waals surface area contributed by atoms with E-state index >= 15 is 0 Å². The summed E-state index contributed by atoms with van der Waals surface area (Å²) in [5.41, 5.74) is 1.26. The average Bonchev–Trinajstić information content (AvgIpc) is 3.14. The summed E-state index contributed by atoms with van der Waals surface area (Å²) < 4.78 is 7.41. The smallest absolute Gasteiger partial charge is 0.124 e. The lowest BCUT2D eigenvalue weighted by atomic mass is 10.0. The summed E-state index contributed by atoms with van der Waals surface area (Å²) in [5, 5.41) is 11.6. The molecule has 0 aliphatic carbocycles. The predicted molar refractivity (Wildman–Crippen MR) is 100 cm³/mol. The molecule has 2 aliphatic rings. The summed E-state index contributed by atoms with van der Waals surface area (Å²) in [6.07, 6.45) is 4.24. The molecule has 4 rings (SSSR count). The zero-order chi connectivity index (χ0) is 17.1. The summed E-state index contributed by atoms with van der Waals surface area (Å²) in [6.45, 7) is 5.27. The number of hydrogen-bond donors (Lipinski definition) is 2. The van der Waals surface area contributed by atoms with Crippen molar-refractivity contribution in [2.24, 2.45) is 5.92 Å². The van der Waals surface area contributed by atoms with Gasteiger partial charge in [-0.15, -0.1) is 0 Å². The van der Waals surface area contributed by atoms with Crippen molar-refractivity contribution in [3.63, 3.8) is 0 Å². The molecule has 2 aliphatic heterocycles. The fourth-order valence-corrected chi connectivity index (χ4v) is 3.81. The van der Waals surface area contributed by atoms with E-state index in [2.05, 4.69) is 43.5 Å². The van der Waals surface area contributed by atoms with Gasteiger partial charge >= 0.3 is 0 Å². The normalized spacial score (nSPS) is 20.8. The molecule has 1 aromatic carbocycles. The molecule has 1 fully saturated rings. The number of anilines is 2. The molecule has 3 heterocycles. The van der Waals surface area contributed by atoms with Crippen LogP contribution in [0.1, 0.15) is 12.8 Å². The maximum absolute atomic E-state index is 5.34. The third-order valence-corrected chi connectivity index (χ3v) is 5.33. The van der Waals surface area contributed by atoms with Crippen molar-refractivity contribution in [3.8, 4) is 5.75 Å².